The molecule has 0 bridgehead atoms. The molecule has 0 fully saturated rings. The fourth-order valence-corrected chi connectivity index (χ4v) is 8.63. The van der Waals surface area contributed by atoms with E-state index in [4.69, 9.17) is 14.4 Å². The maximum atomic E-state index is 11.4. The minimum atomic E-state index is -2.54. The fourth-order valence-electron chi connectivity index (χ4n) is 4.02. The first-order valence-corrected chi connectivity index (χ1v) is 12.5. The van der Waals surface area contributed by atoms with Crippen molar-refractivity contribution in [3.63, 3.8) is 0 Å². The molecule has 0 amide bonds. The standard InChI is InChI=1S/C25H33NO3Si/c1-21(27)29-22(13-11-19-26)14-12-20-28-30(25(2,3)4,23-15-7-5-8-16-23)24-17-9-6-10-18-24/h5-10,15-18,22H,11-14,20H2,1-4H3. The first-order valence-electron chi connectivity index (χ1n) is 10.6. The maximum absolute atomic E-state index is 11.4. The monoisotopic (exact) mass is 423 g/mol. The van der Waals surface area contributed by atoms with Gasteiger partial charge < -0.3 is 9.16 Å². The van der Waals surface area contributed by atoms with E-state index in [0.717, 1.165) is 6.42 Å². The predicted octanol–water partition coefficient (Wildman–Crippen LogP) is 4.58. The van der Waals surface area contributed by atoms with Crippen molar-refractivity contribution in [3.8, 4) is 6.07 Å². The number of benzene rings is 2. The van der Waals surface area contributed by atoms with Gasteiger partial charge in [0.1, 0.15) is 6.10 Å². The highest BCUT2D eigenvalue weighted by Gasteiger charge is 2.49. The number of hydrogen-bond donors (Lipinski definition) is 0. The van der Waals surface area contributed by atoms with Gasteiger partial charge in [-0.05, 0) is 34.7 Å². The predicted molar refractivity (Wildman–Crippen MR) is 123 cm³/mol. The summed E-state index contributed by atoms with van der Waals surface area (Å²) in [6.45, 7) is 8.77. The van der Waals surface area contributed by atoms with Crippen LogP contribution in [0.4, 0.5) is 0 Å². The van der Waals surface area contributed by atoms with E-state index in [-0.39, 0.29) is 17.1 Å². The number of nitriles is 1. The summed E-state index contributed by atoms with van der Waals surface area (Å²) in [5.74, 6) is -0.300. The Hall–Kier alpha value is -2.42. The number of esters is 1. The molecule has 30 heavy (non-hydrogen) atoms. The highest BCUT2D eigenvalue weighted by Crippen LogP contribution is 2.36. The number of rotatable bonds is 10. The molecule has 2 aromatic carbocycles. The lowest BCUT2D eigenvalue weighted by molar-refractivity contribution is -0.147. The van der Waals surface area contributed by atoms with E-state index in [1.54, 1.807) is 0 Å². The van der Waals surface area contributed by atoms with E-state index >= 15 is 0 Å². The normalized spacial score (nSPS) is 12.8. The second-order valence-corrected chi connectivity index (χ2v) is 12.9. The molecular weight excluding hydrogens is 390 g/mol. The lowest BCUT2D eigenvalue weighted by Crippen LogP contribution is -2.66. The van der Waals surface area contributed by atoms with Gasteiger partial charge in [-0.3, -0.25) is 4.79 Å². The minimum Gasteiger partial charge on any atom is -0.463 e. The van der Waals surface area contributed by atoms with E-state index in [9.17, 15) is 4.79 Å². The second kappa shape index (κ2) is 11.1. The van der Waals surface area contributed by atoms with Gasteiger partial charge in [0, 0.05) is 20.0 Å². The van der Waals surface area contributed by atoms with Gasteiger partial charge in [-0.2, -0.15) is 5.26 Å². The Morgan fingerprint density at radius 1 is 1.00 bits per heavy atom. The van der Waals surface area contributed by atoms with Gasteiger partial charge in [-0.25, -0.2) is 0 Å². The average molecular weight is 424 g/mol. The minimum absolute atomic E-state index is 0.0637. The molecule has 1 atom stereocenters. The van der Waals surface area contributed by atoms with E-state index < -0.39 is 8.32 Å². The largest absolute Gasteiger partial charge is 0.463 e. The molecule has 0 aliphatic rings. The average Bonchev–Trinajstić information content (AvgIpc) is 2.72. The highest BCUT2D eigenvalue weighted by atomic mass is 28.4. The third-order valence-electron chi connectivity index (χ3n) is 5.32. The molecule has 4 nitrogen and oxygen atoms in total. The summed E-state index contributed by atoms with van der Waals surface area (Å²) in [6.07, 6.45) is 2.18. The molecule has 0 aromatic heterocycles. The summed E-state index contributed by atoms with van der Waals surface area (Å²) < 4.78 is 12.2. The van der Waals surface area contributed by atoms with Gasteiger partial charge in [0.2, 0.25) is 0 Å². The maximum Gasteiger partial charge on any atom is 0.302 e. The second-order valence-electron chi connectivity index (χ2n) is 8.58. The van der Waals surface area contributed by atoms with Crippen molar-refractivity contribution in [2.75, 3.05) is 6.61 Å². The van der Waals surface area contributed by atoms with Crippen LogP contribution in [0.25, 0.3) is 0 Å². The fraction of sp³-hybridized carbons (Fsp3) is 0.440. The number of hydrogen-bond acceptors (Lipinski definition) is 4. The third kappa shape index (κ3) is 6.04. The van der Waals surface area contributed by atoms with Gasteiger partial charge in [-0.1, -0.05) is 81.4 Å². The molecule has 0 aliphatic heterocycles. The van der Waals surface area contributed by atoms with Crippen molar-refractivity contribution in [1.82, 2.24) is 0 Å². The number of carbonyl (C=O) groups excluding carboxylic acids is 1. The molecule has 0 N–H and O–H groups in total. The lowest BCUT2D eigenvalue weighted by Gasteiger charge is -2.43. The summed E-state index contributed by atoms with van der Waals surface area (Å²) in [4.78, 5) is 11.4. The summed E-state index contributed by atoms with van der Waals surface area (Å²) in [5, 5.41) is 11.3. The quantitative estimate of drug-likeness (QED) is 0.319. The zero-order valence-corrected chi connectivity index (χ0v) is 19.6. The Morgan fingerprint density at radius 2 is 1.53 bits per heavy atom. The molecule has 2 rings (SSSR count). The van der Waals surface area contributed by atoms with Crippen LogP contribution in [0.2, 0.25) is 5.04 Å². The Bertz CT molecular complexity index is 785. The van der Waals surface area contributed by atoms with Crippen LogP contribution >= 0.6 is 0 Å². The topological polar surface area (TPSA) is 59.3 Å². The van der Waals surface area contributed by atoms with Gasteiger partial charge in [-0.15, -0.1) is 0 Å². The molecular formula is C25H33NO3Si. The van der Waals surface area contributed by atoms with Gasteiger partial charge in [0.15, 0.2) is 0 Å². The van der Waals surface area contributed by atoms with E-state index in [0.29, 0.717) is 25.9 Å². The van der Waals surface area contributed by atoms with Crippen molar-refractivity contribution >= 4 is 24.7 Å². The number of nitrogens with zero attached hydrogens (tertiary/aromatic N) is 1. The van der Waals surface area contributed by atoms with Gasteiger partial charge in [0.05, 0.1) is 6.07 Å². The summed E-state index contributed by atoms with van der Waals surface area (Å²) in [6, 6.07) is 23.2. The molecule has 1 unspecified atom stereocenters. The van der Waals surface area contributed by atoms with Crippen molar-refractivity contribution in [1.29, 1.82) is 5.26 Å². The van der Waals surface area contributed by atoms with Gasteiger partial charge in [0.25, 0.3) is 8.32 Å². The molecule has 2 aromatic rings. The van der Waals surface area contributed by atoms with Crippen LogP contribution in [0.15, 0.2) is 60.7 Å². The molecule has 0 aliphatic carbocycles. The van der Waals surface area contributed by atoms with Crippen molar-refractivity contribution in [2.45, 2.75) is 64.5 Å². The molecule has 0 spiro atoms. The van der Waals surface area contributed by atoms with Crippen LogP contribution < -0.4 is 10.4 Å². The molecule has 0 saturated carbocycles. The van der Waals surface area contributed by atoms with E-state index in [1.165, 1.54) is 17.3 Å². The van der Waals surface area contributed by atoms with Crippen LogP contribution in [0.5, 0.6) is 0 Å². The SMILES string of the molecule is CC(=O)OC(CCC#N)CCCO[Si](c1ccccc1)(c1ccccc1)C(C)(C)C. The molecule has 5 heteroatoms. The Balaban J connectivity index is 2.24. The summed E-state index contributed by atoms with van der Waals surface area (Å²) >= 11 is 0. The highest BCUT2D eigenvalue weighted by molar-refractivity contribution is 6.99. The smallest absolute Gasteiger partial charge is 0.302 e. The zero-order chi connectivity index (χ0) is 22.0. The van der Waals surface area contributed by atoms with E-state index in [1.807, 2.05) is 12.1 Å². The first kappa shape index (κ1) is 23.9. The van der Waals surface area contributed by atoms with Crippen LogP contribution in [0.3, 0.4) is 0 Å². The van der Waals surface area contributed by atoms with Crippen LogP contribution in [-0.2, 0) is 14.0 Å². The van der Waals surface area contributed by atoms with Crippen molar-refractivity contribution < 1.29 is 14.0 Å². The summed E-state index contributed by atoms with van der Waals surface area (Å²) in [7, 11) is -2.54. The van der Waals surface area contributed by atoms with Crippen molar-refractivity contribution in [2.24, 2.45) is 0 Å². The zero-order valence-electron chi connectivity index (χ0n) is 18.6. The van der Waals surface area contributed by atoms with Gasteiger partial charge >= 0.3 is 5.97 Å². The number of carbonyl (C=O) groups is 1. The van der Waals surface area contributed by atoms with E-state index in [2.05, 4.69) is 75.4 Å². The summed E-state index contributed by atoms with van der Waals surface area (Å²) in [5.41, 5.74) is 0. The van der Waals surface area contributed by atoms with Crippen LogP contribution in [0.1, 0.15) is 53.4 Å². The molecule has 0 saturated heterocycles. The molecule has 160 valence electrons. The van der Waals surface area contributed by atoms with Crippen LogP contribution in [-0.4, -0.2) is 27.0 Å². The Labute approximate surface area is 182 Å². The lowest BCUT2D eigenvalue weighted by atomic mass is 10.1. The Kier molecular flexibility index (Phi) is 8.83. The van der Waals surface area contributed by atoms with Crippen molar-refractivity contribution in [3.05, 3.63) is 60.7 Å². The third-order valence-corrected chi connectivity index (χ3v) is 10.4. The molecule has 0 heterocycles. The molecule has 0 radical (unpaired) electrons. The first-order chi connectivity index (χ1) is 14.3. The number of ether oxygens (including phenoxy) is 1. The Morgan fingerprint density at radius 3 is 1.97 bits per heavy atom. The van der Waals surface area contributed by atoms with Crippen LogP contribution in [0, 0.1) is 11.3 Å².